The minimum atomic E-state index is -4.41. The second-order valence-electron chi connectivity index (χ2n) is 6.91. The third-order valence-corrected chi connectivity index (χ3v) is 4.80. The Morgan fingerprint density at radius 3 is 2.41 bits per heavy atom. The minimum Gasteiger partial charge on any atom is -0.348 e. The van der Waals surface area contributed by atoms with Crippen LogP contribution in [-0.2, 0) is 17.4 Å². The number of halogens is 3. The zero-order valence-corrected chi connectivity index (χ0v) is 15.0. The van der Waals surface area contributed by atoms with Crippen molar-refractivity contribution >= 4 is 5.91 Å². The number of nitrogens with zero attached hydrogens (tertiary/aromatic N) is 1. The summed E-state index contributed by atoms with van der Waals surface area (Å²) in [4.78, 5) is 14.8. The lowest BCUT2D eigenvalue weighted by Crippen LogP contribution is -2.37. The monoisotopic (exact) mass is 376 g/mol. The molecule has 27 heavy (non-hydrogen) atoms. The van der Waals surface area contributed by atoms with Crippen molar-refractivity contribution in [2.75, 3.05) is 19.6 Å². The van der Waals surface area contributed by atoms with Crippen molar-refractivity contribution in [1.29, 1.82) is 0 Å². The van der Waals surface area contributed by atoms with Gasteiger partial charge in [0.1, 0.15) is 0 Å². The number of carbonyl (C=O) groups is 1. The average molecular weight is 376 g/mol. The number of rotatable bonds is 6. The zero-order valence-electron chi connectivity index (χ0n) is 15.0. The van der Waals surface area contributed by atoms with Crippen molar-refractivity contribution in [2.45, 2.75) is 31.5 Å². The SMILES string of the molecule is O=C(Cc1cccc(C(F)(F)F)c1)NC(CN1CCCC1)c1ccccc1. The van der Waals surface area contributed by atoms with Crippen LogP contribution in [0.25, 0.3) is 0 Å². The van der Waals surface area contributed by atoms with E-state index in [-0.39, 0.29) is 18.4 Å². The highest BCUT2D eigenvalue weighted by molar-refractivity contribution is 5.79. The molecule has 1 atom stereocenters. The predicted octanol–water partition coefficient (Wildman–Crippen LogP) is 4.20. The van der Waals surface area contributed by atoms with E-state index in [4.69, 9.17) is 0 Å². The van der Waals surface area contributed by atoms with E-state index in [0.29, 0.717) is 12.1 Å². The second kappa shape index (κ2) is 8.57. The first kappa shape index (κ1) is 19.4. The maximum atomic E-state index is 12.9. The maximum Gasteiger partial charge on any atom is 0.416 e. The van der Waals surface area contributed by atoms with Crippen molar-refractivity contribution in [2.24, 2.45) is 0 Å². The summed E-state index contributed by atoms with van der Waals surface area (Å²) in [6, 6.07) is 14.5. The van der Waals surface area contributed by atoms with Crippen molar-refractivity contribution < 1.29 is 18.0 Å². The molecular formula is C21H23F3N2O. The molecule has 0 aromatic heterocycles. The number of nitrogens with one attached hydrogen (secondary N) is 1. The fourth-order valence-electron chi connectivity index (χ4n) is 3.43. The van der Waals surface area contributed by atoms with E-state index in [1.54, 1.807) is 6.07 Å². The lowest BCUT2D eigenvalue weighted by atomic mass is 10.0. The van der Waals surface area contributed by atoms with Gasteiger partial charge in [-0.15, -0.1) is 0 Å². The van der Waals surface area contributed by atoms with E-state index in [0.717, 1.165) is 43.6 Å². The van der Waals surface area contributed by atoms with Gasteiger partial charge in [0.25, 0.3) is 0 Å². The van der Waals surface area contributed by atoms with Crippen molar-refractivity contribution in [3.05, 3.63) is 71.3 Å². The van der Waals surface area contributed by atoms with Crippen LogP contribution in [0.15, 0.2) is 54.6 Å². The number of benzene rings is 2. The molecule has 1 aliphatic heterocycles. The molecule has 0 radical (unpaired) electrons. The highest BCUT2D eigenvalue weighted by Crippen LogP contribution is 2.29. The van der Waals surface area contributed by atoms with Gasteiger partial charge in [0.2, 0.25) is 5.91 Å². The normalized spacial score (nSPS) is 16.3. The number of hydrogen-bond donors (Lipinski definition) is 1. The molecule has 0 spiro atoms. The molecule has 1 heterocycles. The third-order valence-electron chi connectivity index (χ3n) is 4.80. The Morgan fingerprint density at radius 1 is 1.04 bits per heavy atom. The zero-order chi connectivity index (χ0) is 19.3. The average Bonchev–Trinajstić information content (AvgIpc) is 3.14. The first-order chi connectivity index (χ1) is 12.9. The molecule has 0 aliphatic carbocycles. The fraction of sp³-hybridized carbons (Fsp3) is 0.381. The number of alkyl halides is 3. The Bertz CT molecular complexity index is 756. The van der Waals surface area contributed by atoms with E-state index in [9.17, 15) is 18.0 Å². The topological polar surface area (TPSA) is 32.3 Å². The van der Waals surface area contributed by atoms with Gasteiger partial charge in [0.05, 0.1) is 18.0 Å². The Balaban J connectivity index is 1.69. The van der Waals surface area contributed by atoms with Crippen LogP contribution in [0.2, 0.25) is 0 Å². The van der Waals surface area contributed by atoms with Crippen LogP contribution in [0.4, 0.5) is 13.2 Å². The molecule has 1 fully saturated rings. The van der Waals surface area contributed by atoms with Crippen LogP contribution in [0.3, 0.4) is 0 Å². The molecule has 6 heteroatoms. The van der Waals surface area contributed by atoms with E-state index in [1.165, 1.54) is 6.07 Å². The Morgan fingerprint density at radius 2 is 1.74 bits per heavy atom. The minimum absolute atomic E-state index is 0.0761. The van der Waals surface area contributed by atoms with Crippen LogP contribution >= 0.6 is 0 Å². The van der Waals surface area contributed by atoms with Gasteiger partial charge in [-0.05, 0) is 43.1 Å². The van der Waals surface area contributed by atoms with Gasteiger partial charge < -0.3 is 10.2 Å². The van der Waals surface area contributed by atoms with Crippen LogP contribution in [0, 0.1) is 0 Å². The summed E-state index contributed by atoms with van der Waals surface area (Å²) in [6.07, 6.45) is -2.18. The smallest absolute Gasteiger partial charge is 0.348 e. The number of amides is 1. The van der Waals surface area contributed by atoms with Gasteiger partial charge in [0.15, 0.2) is 0 Å². The number of hydrogen-bond acceptors (Lipinski definition) is 2. The van der Waals surface area contributed by atoms with E-state index in [1.807, 2.05) is 30.3 Å². The summed E-state index contributed by atoms with van der Waals surface area (Å²) in [6.45, 7) is 2.72. The number of carbonyl (C=O) groups excluding carboxylic acids is 1. The summed E-state index contributed by atoms with van der Waals surface area (Å²) in [5.41, 5.74) is 0.626. The largest absolute Gasteiger partial charge is 0.416 e. The maximum absolute atomic E-state index is 12.9. The summed E-state index contributed by atoms with van der Waals surface area (Å²) < 4.78 is 38.6. The molecule has 144 valence electrons. The highest BCUT2D eigenvalue weighted by atomic mass is 19.4. The first-order valence-corrected chi connectivity index (χ1v) is 9.14. The van der Waals surface area contributed by atoms with Crippen LogP contribution < -0.4 is 5.32 Å². The van der Waals surface area contributed by atoms with Gasteiger partial charge in [-0.1, -0.05) is 48.5 Å². The van der Waals surface area contributed by atoms with Gasteiger partial charge in [-0.2, -0.15) is 13.2 Å². The Labute approximate surface area is 157 Å². The first-order valence-electron chi connectivity index (χ1n) is 9.14. The van der Waals surface area contributed by atoms with Crippen molar-refractivity contribution in [3.8, 4) is 0 Å². The van der Waals surface area contributed by atoms with E-state index in [2.05, 4.69) is 10.2 Å². The van der Waals surface area contributed by atoms with E-state index < -0.39 is 11.7 Å². The summed E-state index contributed by atoms with van der Waals surface area (Å²) in [5.74, 6) is -0.276. The molecule has 0 bridgehead atoms. The highest BCUT2D eigenvalue weighted by Gasteiger charge is 2.30. The molecule has 1 aliphatic rings. The summed E-state index contributed by atoms with van der Waals surface area (Å²) in [5, 5.41) is 3.01. The molecule has 2 aromatic carbocycles. The van der Waals surface area contributed by atoms with Gasteiger partial charge in [0, 0.05) is 6.54 Å². The Kier molecular flexibility index (Phi) is 6.16. The number of likely N-dealkylation sites (tertiary alicyclic amines) is 1. The molecular weight excluding hydrogens is 353 g/mol. The predicted molar refractivity (Wildman–Crippen MR) is 98.1 cm³/mol. The Hall–Kier alpha value is -2.34. The molecule has 1 unspecified atom stereocenters. The molecule has 0 saturated carbocycles. The molecule has 1 saturated heterocycles. The van der Waals surface area contributed by atoms with Crippen LogP contribution in [0.5, 0.6) is 0 Å². The quantitative estimate of drug-likeness (QED) is 0.820. The standard InChI is InChI=1S/C21H23F3N2O/c22-21(23,24)18-10-6-7-16(13-18)14-20(27)25-19(15-26-11-4-5-12-26)17-8-2-1-3-9-17/h1-3,6-10,13,19H,4-5,11-12,14-15H2,(H,25,27). The van der Waals surface area contributed by atoms with Crippen molar-refractivity contribution in [3.63, 3.8) is 0 Å². The molecule has 1 N–H and O–H groups in total. The molecule has 3 nitrogen and oxygen atoms in total. The molecule has 2 aromatic rings. The van der Waals surface area contributed by atoms with Gasteiger partial charge >= 0.3 is 6.18 Å². The summed E-state index contributed by atoms with van der Waals surface area (Å²) >= 11 is 0. The van der Waals surface area contributed by atoms with Gasteiger partial charge in [-0.25, -0.2) is 0 Å². The molecule has 3 rings (SSSR count). The lowest BCUT2D eigenvalue weighted by Gasteiger charge is -2.25. The van der Waals surface area contributed by atoms with Crippen LogP contribution in [0.1, 0.15) is 35.6 Å². The third kappa shape index (κ3) is 5.57. The lowest BCUT2D eigenvalue weighted by molar-refractivity contribution is -0.137. The van der Waals surface area contributed by atoms with Gasteiger partial charge in [-0.3, -0.25) is 4.79 Å². The fourth-order valence-corrected chi connectivity index (χ4v) is 3.43. The van der Waals surface area contributed by atoms with Crippen LogP contribution in [-0.4, -0.2) is 30.4 Å². The summed E-state index contributed by atoms with van der Waals surface area (Å²) in [7, 11) is 0. The van der Waals surface area contributed by atoms with Crippen molar-refractivity contribution in [1.82, 2.24) is 10.2 Å². The second-order valence-corrected chi connectivity index (χ2v) is 6.91. The molecule has 1 amide bonds. The van der Waals surface area contributed by atoms with E-state index >= 15 is 0 Å².